The van der Waals surface area contributed by atoms with Crippen LogP contribution in [0.4, 0.5) is 8.78 Å². The molecular weight excluding hydrogens is 324 g/mol. The van der Waals surface area contributed by atoms with E-state index in [1.54, 1.807) is 7.05 Å². The maximum absolute atomic E-state index is 14.1. The molecule has 2 rings (SSSR count). The number of likely N-dealkylation sites (N-methyl/N-ethyl adjacent to an activating group) is 1. The first-order valence-corrected chi connectivity index (χ1v) is 7.20. The van der Waals surface area contributed by atoms with E-state index >= 15 is 0 Å². The molecule has 2 unspecified atom stereocenters. The van der Waals surface area contributed by atoms with E-state index in [-0.39, 0.29) is 16.4 Å². The molecule has 0 aliphatic carbocycles. The van der Waals surface area contributed by atoms with Crippen molar-refractivity contribution in [2.45, 2.75) is 18.9 Å². The summed E-state index contributed by atoms with van der Waals surface area (Å²) in [6, 6.07) is 11.9. The quantitative estimate of drug-likeness (QED) is 0.789. The summed E-state index contributed by atoms with van der Waals surface area (Å²) >= 11 is 3.00. The Labute approximate surface area is 126 Å². The summed E-state index contributed by atoms with van der Waals surface area (Å²) in [6.07, 6.45) is 0. The van der Waals surface area contributed by atoms with E-state index in [1.807, 2.05) is 37.3 Å². The minimum atomic E-state index is -0.457. The van der Waals surface area contributed by atoms with Gasteiger partial charge in [0.25, 0.3) is 0 Å². The van der Waals surface area contributed by atoms with Crippen molar-refractivity contribution in [3.05, 3.63) is 69.7 Å². The Bertz CT molecular complexity index is 587. The zero-order valence-electron chi connectivity index (χ0n) is 11.3. The van der Waals surface area contributed by atoms with Crippen LogP contribution in [0.1, 0.15) is 30.0 Å². The fraction of sp³-hybridized carbons (Fsp3) is 0.250. The first kappa shape index (κ1) is 15.1. The van der Waals surface area contributed by atoms with Gasteiger partial charge in [0.2, 0.25) is 0 Å². The fourth-order valence-electron chi connectivity index (χ4n) is 2.40. The molecule has 0 spiro atoms. The molecule has 2 atom stereocenters. The molecule has 1 N–H and O–H groups in total. The van der Waals surface area contributed by atoms with E-state index in [9.17, 15) is 8.78 Å². The average Bonchev–Trinajstić information content (AvgIpc) is 2.46. The van der Waals surface area contributed by atoms with Crippen molar-refractivity contribution in [1.82, 2.24) is 5.32 Å². The summed E-state index contributed by atoms with van der Waals surface area (Å²) in [5.74, 6) is -0.849. The van der Waals surface area contributed by atoms with Gasteiger partial charge in [0, 0.05) is 17.5 Å². The Kier molecular flexibility index (Phi) is 4.89. The van der Waals surface area contributed by atoms with E-state index in [0.717, 1.165) is 5.56 Å². The molecule has 0 bridgehead atoms. The lowest BCUT2D eigenvalue weighted by Crippen LogP contribution is -2.23. The summed E-state index contributed by atoms with van der Waals surface area (Å²) in [6.45, 7) is 2.00. The van der Waals surface area contributed by atoms with E-state index in [2.05, 4.69) is 21.2 Å². The summed E-state index contributed by atoms with van der Waals surface area (Å²) in [4.78, 5) is 0. The number of nitrogens with one attached hydrogen (secondary N) is 1. The lowest BCUT2D eigenvalue weighted by atomic mass is 9.88. The number of benzene rings is 2. The van der Waals surface area contributed by atoms with Crippen LogP contribution in [0.25, 0.3) is 0 Å². The summed E-state index contributed by atoms with van der Waals surface area (Å²) in [5.41, 5.74) is 1.42. The molecule has 20 heavy (non-hydrogen) atoms. The summed E-state index contributed by atoms with van der Waals surface area (Å²) in [5, 5.41) is 3.08. The lowest BCUT2D eigenvalue weighted by molar-refractivity contribution is 0.472. The van der Waals surface area contributed by atoms with Crippen LogP contribution in [-0.2, 0) is 0 Å². The van der Waals surface area contributed by atoms with Gasteiger partial charge in [0.15, 0.2) is 0 Å². The van der Waals surface area contributed by atoms with Crippen LogP contribution in [0, 0.1) is 11.6 Å². The maximum atomic E-state index is 14.1. The Morgan fingerprint density at radius 3 is 2.30 bits per heavy atom. The predicted octanol–water partition coefficient (Wildman–Crippen LogP) is 4.79. The van der Waals surface area contributed by atoms with Crippen molar-refractivity contribution in [1.29, 1.82) is 0 Å². The van der Waals surface area contributed by atoms with Crippen molar-refractivity contribution < 1.29 is 8.78 Å². The van der Waals surface area contributed by atoms with Gasteiger partial charge in [-0.3, -0.25) is 0 Å². The topological polar surface area (TPSA) is 12.0 Å². The van der Waals surface area contributed by atoms with Crippen LogP contribution in [-0.4, -0.2) is 7.05 Å². The highest BCUT2D eigenvalue weighted by Crippen LogP contribution is 2.33. The molecule has 0 saturated heterocycles. The van der Waals surface area contributed by atoms with Crippen LogP contribution in [0.2, 0.25) is 0 Å². The van der Waals surface area contributed by atoms with Crippen LogP contribution in [0.5, 0.6) is 0 Å². The highest BCUT2D eigenvalue weighted by Gasteiger charge is 2.23. The third kappa shape index (κ3) is 3.07. The molecule has 0 fully saturated rings. The Hall–Kier alpha value is -1.26. The fourth-order valence-corrected chi connectivity index (χ4v) is 2.72. The van der Waals surface area contributed by atoms with E-state index < -0.39 is 11.6 Å². The third-order valence-corrected chi connectivity index (χ3v) is 4.12. The maximum Gasteiger partial charge on any atom is 0.137 e. The molecule has 0 saturated carbocycles. The van der Waals surface area contributed by atoms with Gasteiger partial charge < -0.3 is 5.32 Å². The van der Waals surface area contributed by atoms with Gasteiger partial charge in [-0.25, -0.2) is 8.78 Å². The Morgan fingerprint density at radius 1 is 1.05 bits per heavy atom. The SMILES string of the molecule is CNC(c1cc(F)c(Br)cc1F)C(C)c1ccccc1. The zero-order chi connectivity index (χ0) is 14.7. The minimum Gasteiger partial charge on any atom is -0.312 e. The molecule has 2 aromatic carbocycles. The van der Waals surface area contributed by atoms with Gasteiger partial charge in [-0.1, -0.05) is 37.3 Å². The average molecular weight is 340 g/mol. The molecule has 0 heterocycles. The van der Waals surface area contributed by atoms with Crippen molar-refractivity contribution in [2.24, 2.45) is 0 Å². The molecule has 106 valence electrons. The molecule has 0 radical (unpaired) electrons. The second-order valence-corrected chi connectivity index (χ2v) is 5.61. The third-order valence-electron chi connectivity index (χ3n) is 3.51. The number of hydrogen-bond acceptors (Lipinski definition) is 1. The van der Waals surface area contributed by atoms with E-state index in [0.29, 0.717) is 5.56 Å². The van der Waals surface area contributed by atoms with E-state index in [1.165, 1.54) is 12.1 Å². The van der Waals surface area contributed by atoms with Crippen LogP contribution in [0.3, 0.4) is 0 Å². The Balaban J connectivity index is 2.40. The van der Waals surface area contributed by atoms with Gasteiger partial charge in [0.05, 0.1) is 4.47 Å². The first-order valence-electron chi connectivity index (χ1n) is 6.41. The Morgan fingerprint density at radius 2 is 1.70 bits per heavy atom. The molecule has 0 aliphatic rings. The molecule has 1 nitrogen and oxygen atoms in total. The molecular formula is C16H16BrF2N. The smallest absolute Gasteiger partial charge is 0.137 e. The van der Waals surface area contributed by atoms with Crippen molar-refractivity contribution in [3.8, 4) is 0 Å². The first-order chi connectivity index (χ1) is 9.54. The predicted molar refractivity (Wildman–Crippen MR) is 80.7 cm³/mol. The largest absolute Gasteiger partial charge is 0.312 e. The summed E-state index contributed by atoms with van der Waals surface area (Å²) in [7, 11) is 1.75. The van der Waals surface area contributed by atoms with Gasteiger partial charge in [0.1, 0.15) is 11.6 Å². The van der Waals surface area contributed by atoms with Gasteiger partial charge in [-0.15, -0.1) is 0 Å². The second-order valence-electron chi connectivity index (χ2n) is 4.75. The highest BCUT2D eigenvalue weighted by atomic mass is 79.9. The molecule has 4 heteroatoms. The number of hydrogen-bond donors (Lipinski definition) is 1. The minimum absolute atomic E-state index is 0.0243. The van der Waals surface area contributed by atoms with Crippen LogP contribution in [0.15, 0.2) is 46.9 Å². The normalized spacial score (nSPS) is 14.1. The van der Waals surface area contributed by atoms with Crippen LogP contribution < -0.4 is 5.32 Å². The van der Waals surface area contributed by atoms with Gasteiger partial charge >= 0.3 is 0 Å². The highest BCUT2D eigenvalue weighted by molar-refractivity contribution is 9.10. The van der Waals surface area contributed by atoms with E-state index in [4.69, 9.17) is 0 Å². The lowest BCUT2D eigenvalue weighted by Gasteiger charge is -2.25. The van der Waals surface area contributed by atoms with Gasteiger partial charge in [-0.05, 0) is 40.7 Å². The molecule has 0 aromatic heterocycles. The van der Waals surface area contributed by atoms with Crippen molar-refractivity contribution in [2.75, 3.05) is 7.05 Å². The molecule has 0 amide bonds. The number of rotatable bonds is 4. The monoisotopic (exact) mass is 339 g/mol. The standard InChI is InChI=1S/C16H16BrF2N/c1-10(11-6-4-3-5-7-11)16(20-2)12-8-15(19)13(17)9-14(12)18/h3-10,16,20H,1-2H3. The van der Waals surface area contributed by atoms with Crippen molar-refractivity contribution >= 4 is 15.9 Å². The summed E-state index contributed by atoms with van der Waals surface area (Å²) < 4.78 is 27.9. The number of halogens is 3. The molecule has 2 aromatic rings. The zero-order valence-corrected chi connectivity index (χ0v) is 12.9. The molecule has 0 aliphatic heterocycles. The van der Waals surface area contributed by atoms with Crippen molar-refractivity contribution in [3.63, 3.8) is 0 Å². The van der Waals surface area contributed by atoms with Crippen LogP contribution >= 0.6 is 15.9 Å². The van der Waals surface area contributed by atoms with Gasteiger partial charge in [-0.2, -0.15) is 0 Å². The second kappa shape index (κ2) is 6.46.